The summed E-state index contributed by atoms with van der Waals surface area (Å²) in [7, 11) is 1.69. The van der Waals surface area contributed by atoms with E-state index in [4.69, 9.17) is 14.2 Å². The average Bonchev–Trinajstić information content (AvgIpc) is 3.46. The maximum atomic E-state index is 12.3. The van der Waals surface area contributed by atoms with Gasteiger partial charge in [0, 0.05) is 41.0 Å². The molecule has 0 fully saturated rings. The van der Waals surface area contributed by atoms with Crippen molar-refractivity contribution >= 4 is 69.5 Å². The molecule has 0 aliphatic heterocycles. The van der Waals surface area contributed by atoms with Crippen molar-refractivity contribution < 1.29 is 33.6 Å². The Morgan fingerprint density at radius 3 is 1.09 bits per heavy atom. The number of anilines is 6. The van der Waals surface area contributed by atoms with E-state index in [9.17, 15) is 9.59 Å². The van der Waals surface area contributed by atoms with Crippen LogP contribution in [0.15, 0.2) is 231 Å². The number of hydrogen-bond acceptors (Lipinski definition) is 9. The predicted octanol–water partition coefficient (Wildman–Crippen LogP) is 19.0. The number of benzene rings is 9. The Balaban J connectivity index is 0.00000287. The number of nitrogens with zero attached hydrogens (tertiary/aromatic N) is 2. The van der Waals surface area contributed by atoms with Crippen LogP contribution in [0.4, 0.5) is 38.9 Å². The minimum atomic E-state index is -0.904. The standard InChI is InChI=1S/C66H56N2O7.4CH4/c1-47-15-27-56(28-16-47)67(60-35-39-62(71-4)40-36-60)58-31-19-50(20-32-58)45-64(52-11-7-5-8-12-52)54-23-25-55(26-24-54)65(53-13-9-6-10-14-53)46-51-21-33-59(34-22-51)68(57-29-17-48(2)18-30-57)61-37-41-63(42-38-61)74-66(70)72-43-44-73-75-49(3)69;;;;/h5-42,45-46H,43-44H2,1-4H3;4*1H4. The van der Waals surface area contributed by atoms with Gasteiger partial charge in [0.15, 0.2) is 0 Å². The van der Waals surface area contributed by atoms with Crippen molar-refractivity contribution in [3.63, 3.8) is 0 Å². The first kappa shape index (κ1) is 60.4. The van der Waals surface area contributed by atoms with Crippen molar-refractivity contribution in [2.45, 2.75) is 50.5 Å². The van der Waals surface area contributed by atoms with Gasteiger partial charge in [-0.05, 0) is 168 Å². The third-order valence-corrected chi connectivity index (χ3v) is 12.4. The molecule has 9 aromatic rings. The molecule has 9 heteroatoms. The van der Waals surface area contributed by atoms with Crippen molar-refractivity contribution in [3.8, 4) is 11.5 Å². The summed E-state index contributed by atoms with van der Waals surface area (Å²) in [4.78, 5) is 36.7. The molecule has 0 atom stereocenters. The van der Waals surface area contributed by atoms with Gasteiger partial charge in [-0.1, -0.05) is 174 Å². The van der Waals surface area contributed by atoms with Crippen LogP contribution in [0.2, 0.25) is 0 Å². The smallest absolute Gasteiger partial charge is 0.497 e. The molecule has 9 nitrogen and oxygen atoms in total. The van der Waals surface area contributed by atoms with Crippen LogP contribution in [0.3, 0.4) is 0 Å². The molecule has 0 heterocycles. The van der Waals surface area contributed by atoms with Gasteiger partial charge >= 0.3 is 12.1 Å². The van der Waals surface area contributed by atoms with Crippen molar-refractivity contribution in [1.29, 1.82) is 0 Å². The molecule has 0 amide bonds. The van der Waals surface area contributed by atoms with Crippen LogP contribution in [0, 0.1) is 13.8 Å². The zero-order chi connectivity index (χ0) is 51.9. The lowest BCUT2D eigenvalue weighted by atomic mass is 9.91. The Hall–Kier alpha value is -9.44. The molecule has 9 rings (SSSR count). The molecule has 0 N–H and O–H groups in total. The highest BCUT2D eigenvalue weighted by atomic mass is 17.2. The Bertz CT molecular complexity index is 3360. The number of methoxy groups -OCH3 is 1. The fourth-order valence-corrected chi connectivity index (χ4v) is 8.59. The first-order valence-electron chi connectivity index (χ1n) is 24.6. The highest BCUT2D eigenvalue weighted by Crippen LogP contribution is 2.39. The number of ether oxygens (including phenoxy) is 3. The van der Waals surface area contributed by atoms with Crippen LogP contribution in [0.25, 0.3) is 23.3 Å². The lowest BCUT2D eigenvalue weighted by molar-refractivity contribution is -0.273. The summed E-state index contributed by atoms with van der Waals surface area (Å²) >= 11 is 0. The van der Waals surface area contributed by atoms with E-state index in [1.807, 2.05) is 30.3 Å². The van der Waals surface area contributed by atoms with Gasteiger partial charge in [-0.2, -0.15) is 4.89 Å². The van der Waals surface area contributed by atoms with Gasteiger partial charge < -0.3 is 24.0 Å². The second-order valence-corrected chi connectivity index (χ2v) is 17.7. The van der Waals surface area contributed by atoms with Crippen molar-refractivity contribution in [1.82, 2.24) is 0 Å². The Labute approximate surface area is 468 Å². The van der Waals surface area contributed by atoms with Crippen molar-refractivity contribution in [2.24, 2.45) is 0 Å². The van der Waals surface area contributed by atoms with E-state index in [0.29, 0.717) is 5.75 Å². The zero-order valence-corrected chi connectivity index (χ0v) is 42.3. The monoisotopic (exact) mass is 1050 g/mol. The summed E-state index contributed by atoms with van der Waals surface area (Å²) in [6.07, 6.45) is 3.60. The molecule has 0 aromatic heterocycles. The van der Waals surface area contributed by atoms with Crippen LogP contribution in [-0.4, -0.2) is 32.4 Å². The normalized spacial score (nSPS) is 10.8. The van der Waals surface area contributed by atoms with E-state index < -0.39 is 12.1 Å². The van der Waals surface area contributed by atoms with Crippen LogP contribution in [-0.2, 0) is 19.3 Å². The van der Waals surface area contributed by atoms with Gasteiger partial charge in [0.25, 0.3) is 0 Å². The topological polar surface area (TPSA) is 86.8 Å². The molecule has 0 aliphatic carbocycles. The number of rotatable bonds is 18. The van der Waals surface area contributed by atoms with Gasteiger partial charge in [0.1, 0.15) is 24.7 Å². The SMILES string of the molecule is C.C.C.C.COc1ccc(N(c2ccc(C)cc2)c2ccc(C=C(c3ccccc3)c3ccc(C(=Cc4ccc(N(c5ccc(C)cc5)c5ccc(OC(=O)OCCOOC(C)=O)cc5)cc4)c4ccccc4)cc3)cc2)cc1. The minimum absolute atomic E-state index is 0. The Kier molecular flexibility index (Phi) is 22.3. The fraction of sp³-hybridized carbons (Fsp3) is 0.143. The molecule has 0 aliphatic rings. The van der Waals surface area contributed by atoms with E-state index in [2.05, 4.69) is 234 Å². The predicted molar refractivity (Wildman–Crippen MR) is 328 cm³/mol. The van der Waals surface area contributed by atoms with Crippen LogP contribution in [0.1, 0.15) is 81.1 Å². The molecule has 79 heavy (non-hydrogen) atoms. The quantitative estimate of drug-likeness (QED) is 0.0208. The highest BCUT2D eigenvalue weighted by molar-refractivity contribution is 5.95. The van der Waals surface area contributed by atoms with E-state index in [1.165, 1.54) is 12.5 Å². The van der Waals surface area contributed by atoms with E-state index in [1.54, 1.807) is 19.2 Å². The maximum absolute atomic E-state index is 12.3. The number of carbonyl (C=O) groups excluding carboxylic acids is 2. The molecule has 0 saturated heterocycles. The molecule has 0 bridgehead atoms. The second kappa shape index (κ2) is 29.2. The highest BCUT2D eigenvalue weighted by Gasteiger charge is 2.17. The van der Waals surface area contributed by atoms with Gasteiger partial charge in [-0.25, -0.2) is 9.59 Å². The summed E-state index contributed by atoms with van der Waals surface area (Å²) in [5.74, 6) is 0.517. The molecule has 404 valence electrons. The summed E-state index contributed by atoms with van der Waals surface area (Å²) < 4.78 is 15.9. The van der Waals surface area contributed by atoms with Gasteiger partial charge in [-0.15, -0.1) is 0 Å². The van der Waals surface area contributed by atoms with Gasteiger partial charge in [0.2, 0.25) is 0 Å². The minimum Gasteiger partial charge on any atom is -0.497 e. The van der Waals surface area contributed by atoms with E-state index >= 15 is 0 Å². The molecular weight excluding hydrogens is 981 g/mol. The molecular formula is C70H72N2O7. The second-order valence-electron chi connectivity index (χ2n) is 17.7. The van der Waals surface area contributed by atoms with Gasteiger partial charge in [-0.3, -0.25) is 4.89 Å². The lowest BCUT2D eigenvalue weighted by Crippen LogP contribution is -2.15. The largest absolute Gasteiger partial charge is 0.513 e. The Morgan fingerprint density at radius 1 is 0.405 bits per heavy atom. The van der Waals surface area contributed by atoms with E-state index in [-0.39, 0.29) is 42.9 Å². The number of hydrogen-bond donors (Lipinski definition) is 0. The average molecular weight is 1050 g/mol. The lowest BCUT2D eigenvalue weighted by Gasteiger charge is -2.26. The number of carbonyl (C=O) groups is 2. The molecule has 0 spiro atoms. The summed E-state index contributed by atoms with van der Waals surface area (Å²) in [6, 6.07) is 79.3. The first-order chi connectivity index (χ1) is 36.7. The Morgan fingerprint density at radius 2 is 0.734 bits per heavy atom. The van der Waals surface area contributed by atoms with Crippen LogP contribution < -0.4 is 19.3 Å². The molecule has 0 unspecified atom stereocenters. The van der Waals surface area contributed by atoms with E-state index in [0.717, 1.165) is 90.0 Å². The third kappa shape index (κ3) is 15.8. The summed E-state index contributed by atoms with van der Waals surface area (Å²) in [5.41, 5.74) is 17.0. The van der Waals surface area contributed by atoms with Crippen LogP contribution >= 0.6 is 0 Å². The first-order valence-corrected chi connectivity index (χ1v) is 24.6. The third-order valence-electron chi connectivity index (χ3n) is 12.4. The van der Waals surface area contributed by atoms with Crippen molar-refractivity contribution in [3.05, 3.63) is 275 Å². The molecule has 0 radical (unpaired) electrons. The molecule has 9 aromatic carbocycles. The zero-order valence-electron chi connectivity index (χ0n) is 42.3. The molecule has 0 saturated carbocycles. The number of aryl methyl sites for hydroxylation is 2. The maximum Gasteiger partial charge on any atom is 0.513 e. The summed E-state index contributed by atoms with van der Waals surface area (Å²) in [5, 5.41) is 0. The van der Waals surface area contributed by atoms with Gasteiger partial charge in [0.05, 0.1) is 7.11 Å². The van der Waals surface area contributed by atoms with Crippen molar-refractivity contribution in [2.75, 3.05) is 30.1 Å². The summed E-state index contributed by atoms with van der Waals surface area (Å²) in [6.45, 7) is 5.10. The fourth-order valence-electron chi connectivity index (χ4n) is 8.59. The van der Waals surface area contributed by atoms with Crippen LogP contribution in [0.5, 0.6) is 11.5 Å².